The highest BCUT2D eigenvalue weighted by Crippen LogP contribution is 2.21. The van der Waals surface area contributed by atoms with E-state index in [9.17, 15) is 9.59 Å². The van der Waals surface area contributed by atoms with E-state index in [-0.39, 0.29) is 18.0 Å². The lowest BCUT2D eigenvalue weighted by Crippen LogP contribution is -2.33. The van der Waals surface area contributed by atoms with E-state index in [0.717, 1.165) is 11.1 Å². The Balaban J connectivity index is 2.69. The molecule has 0 aliphatic carbocycles. The Labute approximate surface area is 122 Å². The summed E-state index contributed by atoms with van der Waals surface area (Å²) in [7, 11) is 3.35. The Hall–Kier alpha value is -1.81. The molecule has 20 heavy (non-hydrogen) atoms. The summed E-state index contributed by atoms with van der Waals surface area (Å²) in [5.74, 6) is -0.117. The van der Waals surface area contributed by atoms with Crippen molar-refractivity contribution < 1.29 is 4.79 Å². The molecule has 0 saturated heterocycles. The van der Waals surface area contributed by atoms with Gasteiger partial charge in [0.15, 0.2) is 0 Å². The third-order valence-electron chi connectivity index (χ3n) is 3.33. The number of rotatable bonds is 3. The van der Waals surface area contributed by atoms with Gasteiger partial charge in [-0.3, -0.25) is 9.59 Å². The lowest BCUT2D eigenvalue weighted by atomic mass is 10.1. The zero-order chi connectivity index (χ0) is 14.9. The maximum absolute atomic E-state index is 12.6. The van der Waals surface area contributed by atoms with Crippen LogP contribution in [0.5, 0.6) is 0 Å². The quantitative estimate of drug-likeness (QED) is 0.871. The van der Waals surface area contributed by atoms with Crippen LogP contribution in [-0.2, 0) is 17.8 Å². The van der Waals surface area contributed by atoms with Crippen molar-refractivity contribution in [3.8, 4) is 0 Å². The monoisotopic (exact) mass is 292 g/mol. The lowest BCUT2D eigenvalue weighted by molar-refractivity contribution is -0.129. The molecule has 0 aliphatic heterocycles. The molecular weight excluding hydrogens is 276 g/mol. The number of benzene rings is 1. The van der Waals surface area contributed by atoms with E-state index in [2.05, 4.69) is 0 Å². The summed E-state index contributed by atoms with van der Waals surface area (Å²) in [6, 6.07) is 7.29. The van der Waals surface area contributed by atoms with Gasteiger partial charge in [0.2, 0.25) is 5.91 Å². The third kappa shape index (κ3) is 2.56. The van der Waals surface area contributed by atoms with E-state index >= 15 is 0 Å². The van der Waals surface area contributed by atoms with E-state index in [0.29, 0.717) is 16.8 Å². The molecule has 2 aromatic rings. The predicted octanol–water partition coefficient (Wildman–Crippen LogP) is 2.31. The van der Waals surface area contributed by atoms with E-state index in [1.54, 1.807) is 20.2 Å². The van der Waals surface area contributed by atoms with Gasteiger partial charge in [-0.2, -0.15) is 0 Å². The zero-order valence-corrected chi connectivity index (χ0v) is 12.6. The first-order chi connectivity index (χ1) is 9.45. The fourth-order valence-corrected chi connectivity index (χ4v) is 2.42. The molecule has 0 saturated carbocycles. The number of pyridine rings is 1. The number of carbonyl (C=O) groups excluding carboxylic acids is 1. The number of hydrogen-bond acceptors (Lipinski definition) is 2. The second kappa shape index (κ2) is 5.67. The second-order valence-corrected chi connectivity index (χ2v) is 5.28. The Morgan fingerprint density at radius 3 is 2.65 bits per heavy atom. The van der Waals surface area contributed by atoms with Crippen molar-refractivity contribution in [3.63, 3.8) is 0 Å². The fraction of sp³-hybridized carbons (Fsp3) is 0.333. The molecule has 1 heterocycles. The van der Waals surface area contributed by atoms with Crippen LogP contribution in [0.25, 0.3) is 10.8 Å². The number of carbonyl (C=O) groups is 1. The normalized spacial score (nSPS) is 10.8. The standard InChI is InChI=1S/C15H17ClN2O2/c1-4-11-8-10-6-5-7-12(16)14(10)15(20)18(11)9-13(19)17(2)3/h5-8H,4,9H2,1-3H3. The van der Waals surface area contributed by atoms with Crippen LogP contribution >= 0.6 is 11.6 Å². The van der Waals surface area contributed by atoms with Crippen molar-refractivity contribution in [3.05, 3.63) is 45.3 Å². The number of likely N-dealkylation sites (N-methyl/N-ethyl adjacent to an activating group) is 1. The van der Waals surface area contributed by atoms with Gasteiger partial charge in [-0.15, -0.1) is 0 Å². The van der Waals surface area contributed by atoms with E-state index in [4.69, 9.17) is 11.6 Å². The van der Waals surface area contributed by atoms with Gasteiger partial charge in [-0.05, 0) is 23.9 Å². The zero-order valence-electron chi connectivity index (χ0n) is 11.8. The van der Waals surface area contributed by atoms with Gasteiger partial charge < -0.3 is 9.47 Å². The molecule has 0 aliphatic rings. The van der Waals surface area contributed by atoms with Crippen LogP contribution in [0, 0.1) is 0 Å². The Bertz CT molecular complexity index is 720. The van der Waals surface area contributed by atoms with E-state index < -0.39 is 0 Å². The minimum Gasteiger partial charge on any atom is -0.347 e. The van der Waals surface area contributed by atoms with Gasteiger partial charge >= 0.3 is 0 Å². The van der Waals surface area contributed by atoms with Gasteiger partial charge in [-0.25, -0.2) is 0 Å². The Morgan fingerprint density at radius 2 is 2.05 bits per heavy atom. The number of fused-ring (bicyclic) bond motifs is 1. The molecule has 0 spiro atoms. The first-order valence-electron chi connectivity index (χ1n) is 6.46. The molecule has 2 rings (SSSR count). The summed E-state index contributed by atoms with van der Waals surface area (Å²) in [5, 5.41) is 1.70. The predicted molar refractivity (Wildman–Crippen MR) is 81.3 cm³/mol. The van der Waals surface area contributed by atoms with Gasteiger partial charge in [0.05, 0.1) is 10.4 Å². The van der Waals surface area contributed by atoms with E-state index in [1.165, 1.54) is 9.47 Å². The molecule has 0 unspecified atom stereocenters. The number of nitrogens with zero attached hydrogens (tertiary/aromatic N) is 2. The first-order valence-corrected chi connectivity index (χ1v) is 6.84. The van der Waals surface area contributed by atoms with Gasteiger partial charge in [0.25, 0.3) is 5.56 Å². The molecule has 1 amide bonds. The van der Waals surface area contributed by atoms with Crippen molar-refractivity contribution in [2.75, 3.05) is 14.1 Å². The molecule has 4 nitrogen and oxygen atoms in total. The first kappa shape index (κ1) is 14.6. The summed E-state index contributed by atoms with van der Waals surface area (Å²) in [5.41, 5.74) is 0.625. The molecule has 1 aromatic carbocycles. The summed E-state index contributed by atoms with van der Waals surface area (Å²) >= 11 is 6.12. The summed E-state index contributed by atoms with van der Waals surface area (Å²) in [6.07, 6.45) is 0.679. The van der Waals surface area contributed by atoms with Crippen LogP contribution in [-0.4, -0.2) is 29.5 Å². The number of aryl methyl sites for hydroxylation is 1. The number of hydrogen-bond donors (Lipinski definition) is 0. The molecule has 0 radical (unpaired) electrons. The summed E-state index contributed by atoms with van der Waals surface area (Å²) in [6.45, 7) is 2.00. The van der Waals surface area contributed by atoms with Crippen molar-refractivity contribution in [1.29, 1.82) is 0 Å². The van der Waals surface area contributed by atoms with Crippen LogP contribution in [0.2, 0.25) is 5.02 Å². The largest absolute Gasteiger partial charge is 0.347 e. The minimum absolute atomic E-state index is 0.0379. The Kier molecular flexibility index (Phi) is 4.14. The van der Waals surface area contributed by atoms with Gasteiger partial charge in [0.1, 0.15) is 6.54 Å². The van der Waals surface area contributed by atoms with Crippen molar-refractivity contribution in [2.24, 2.45) is 0 Å². The molecule has 0 N–H and O–H groups in total. The van der Waals surface area contributed by atoms with E-state index in [1.807, 2.05) is 25.1 Å². The summed E-state index contributed by atoms with van der Waals surface area (Å²) in [4.78, 5) is 26.0. The number of halogens is 1. The number of amides is 1. The minimum atomic E-state index is -0.208. The average molecular weight is 293 g/mol. The molecular formula is C15H17ClN2O2. The smallest absolute Gasteiger partial charge is 0.260 e. The summed E-state index contributed by atoms with van der Waals surface area (Å²) < 4.78 is 1.51. The van der Waals surface area contributed by atoms with Crippen LogP contribution in [0.1, 0.15) is 12.6 Å². The lowest BCUT2D eigenvalue weighted by Gasteiger charge is -2.16. The second-order valence-electron chi connectivity index (χ2n) is 4.87. The molecule has 106 valence electrons. The molecule has 5 heteroatoms. The van der Waals surface area contributed by atoms with Crippen molar-refractivity contribution in [2.45, 2.75) is 19.9 Å². The number of aromatic nitrogens is 1. The van der Waals surface area contributed by atoms with Crippen molar-refractivity contribution >= 4 is 28.3 Å². The van der Waals surface area contributed by atoms with Gasteiger partial charge in [-0.1, -0.05) is 30.7 Å². The highest BCUT2D eigenvalue weighted by Gasteiger charge is 2.14. The molecule has 1 aromatic heterocycles. The average Bonchev–Trinajstić information content (AvgIpc) is 2.41. The van der Waals surface area contributed by atoms with Crippen LogP contribution in [0.4, 0.5) is 0 Å². The topological polar surface area (TPSA) is 42.3 Å². The van der Waals surface area contributed by atoms with Crippen LogP contribution < -0.4 is 5.56 Å². The van der Waals surface area contributed by atoms with Gasteiger partial charge in [0, 0.05) is 19.8 Å². The highest BCUT2D eigenvalue weighted by atomic mass is 35.5. The van der Waals surface area contributed by atoms with Crippen molar-refractivity contribution in [1.82, 2.24) is 9.47 Å². The van der Waals surface area contributed by atoms with Crippen LogP contribution in [0.15, 0.2) is 29.1 Å². The SMILES string of the molecule is CCc1cc2cccc(Cl)c2c(=O)n1CC(=O)N(C)C. The molecule has 0 atom stereocenters. The highest BCUT2D eigenvalue weighted by molar-refractivity contribution is 6.35. The maximum Gasteiger partial charge on any atom is 0.260 e. The maximum atomic E-state index is 12.6. The molecule has 0 bridgehead atoms. The molecule has 0 fully saturated rings. The Morgan fingerprint density at radius 1 is 1.35 bits per heavy atom. The fourth-order valence-electron chi connectivity index (χ4n) is 2.15. The van der Waals surface area contributed by atoms with Crippen LogP contribution in [0.3, 0.4) is 0 Å². The third-order valence-corrected chi connectivity index (χ3v) is 3.64.